The average Bonchev–Trinajstić information content (AvgIpc) is 2.14. The molecule has 0 fully saturated rings. The molecule has 0 aliphatic rings. The number of nitrogens with two attached hydrogens (primary N) is 1. The number of aromatic nitrogens is 2. The summed E-state index contributed by atoms with van der Waals surface area (Å²) in [5, 5.41) is 2.98. The van der Waals surface area contributed by atoms with Gasteiger partial charge in [0.05, 0.1) is 0 Å². The molecular formula is C11H20N4O. The van der Waals surface area contributed by atoms with Crippen molar-refractivity contribution in [3.8, 4) is 0 Å². The first-order valence-electron chi connectivity index (χ1n) is 5.41. The predicted octanol–water partition coefficient (Wildman–Crippen LogP) is 0.973. The van der Waals surface area contributed by atoms with E-state index in [1.807, 2.05) is 27.7 Å². The Morgan fingerprint density at radius 3 is 2.69 bits per heavy atom. The molecule has 0 aliphatic carbocycles. The maximum atomic E-state index is 11.9. The van der Waals surface area contributed by atoms with Crippen molar-refractivity contribution in [3.05, 3.63) is 22.7 Å². The van der Waals surface area contributed by atoms with Crippen molar-refractivity contribution in [1.82, 2.24) is 9.55 Å². The van der Waals surface area contributed by atoms with Gasteiger partial charge in [0.1, 0.15) is 0 Å². The summed E-state index contributed by atoms with van der Waals surface area (Å²) in [5.74, 6) is 0.356. The maximum absolute atomic E-state index is 11.9. The molecule has 0 saturated carbocycles. The predicted molar refractivity (Wildman–Crippen MR) is 65.6 cm³/mol. The highest BCUT2D eigenvalue weighted by Crippen LogP contribution is 2.03. The van der Waals surface area contributed by atoms with Gasteiger partial charge >= 0.3 is 0 Å². The third-order valence-electron chi connectivity index (χ3n) is 2.14. The summed E-state index contributed by atoms with van der Waals surface area (Å²) in [6.07, 6.45) is 3.30. The number of rotatable bonds is 4. The van der Waals surface area contributed by atoms with Crippen molar-refractivity contribution in [3.63, 3.8) is 0 Å². The molecule has 5 heteroatoms. The molecule has 0 aromatic carbocycles. The normalized spacial score (nSPS) is 11.9. The van der Waals surface area contributed by atoms with E-state index in [1.54, 1.807) is 17.0 Å². The fraction of sp³-hybridized carbons (Fsp3) is 0.636. The lowest BCUT2D eigenvalue weighted by Crippen LogP contribution is -2.41. The van der Waals surface area contributed by atoms with Crippen LogP contribution in [0.15, 0.2) is 17.2 Å². The first-order valence-corrected chi connectivity index (χ1v) is 5.41. The molecule has 90 valence electrons. The molecular weight excluding hydrogens is 204 g/mol. The van der Waals surface area contributed by atoms with E-state index in [0.717, 1.165) is 0 Å². The second kappa shape index (κ2) is 4.65. The fourth-order valence-electron chi connectivity index (χ4n) is 1.26. The van der Waals surface area contributed by atoms with Crippen LogP contribution in [0.2, 0.25) is 0 Å². The molecule has 0 amide bonds. The Hall–Kier alpha value is -1.36. The largest absolute Gasteiger partial charge is 0.364 e. The van der Waals surface area contributed by atoms with Gasteiger partial charge in [-0.2, -0.15) is 0 Å². The third kappa shape index (κ3) is 3.34. The van der Waals surface area contributed by atoms with Gasteiger partial charge < -0.3 is 15.6 Å². The Morgan fingerprint density at radius 1 is 1.56 bits per heavy atom. The van der Waals surface area contributed by atoms with Crippen molar-refractivity contribution >= 4 is 5.82 Å². The molecule has 0 bridgehead atoms. The van der Waals surface area contributed by atoms with Crippen LogP contribution in [-0.4, -0.2) is 21.6 Å². The summed E-state index contributed by atoms with van der Waals surface area (Å²) in [6, 6.07) is 0.127. The van der Waals surface area contributed by atoms with Crippen molar-refractivity contribution in [2.45, 2.75) is 39.3 Å². The standard InChI is InChI=1S/C11H20N4O/c1-8(2)15-6-5-13-9(10(15)16)14-7-11(3,4)12/h5-6,8H,7,12H2,1-4H3,(H,13,14). The van der Waals surface area contributed by atoms with E-state index < -0.39 is 0 Å². The second-order valence-electron chi connectivity index (χ2n) is 4.92. The molecule has 16 heavy (non-hydrogen) atoms. The van der Waals surface area contributed by atoms with Crippen molar-refractivity contribution in [2.75, 3.05) is 11.9 Å². The molecule has 1 rings (SSSR count). The van der Waals surface area contributed by atoms with Gasteiger partial charge in [-0.15, -0.1) is 0 Å². The Labute approximate surface area is 95.7 Å². The maximum Gasteiger partial charge on any atom is 0.293 e. The van der Waals surface area contributed by atoms with Crippen molar-refractivity contribution in [1.29, 1.82) is 0 Å². The second-order valence-corrected chi connectivity index (χ2v) is 4.92. The zero-order chi connectivity index (χ0) is 12.3. The van der Waals surface area contributed by atoms with Gasteiger partial charge in [0.25, 0.3) is 5.56 Å². The number of hydrogen-bond donors (Lipinski definition) is 2. The van der Waals surface area contributed by atoms with E-state index in [2.05, 4.69) is 10.3 Å². The first kappa shape index (κ1) is 12.7. The van der Waals surface area contributed by atoms with Gasteiger partial charge in [-0.3, -0.25) is 4.79 Å². The van der Waals surface area contributed by atoms with Gasteiger partial charge in [-0.1, -0.05) is 0 Å². The van der Waals surface area contributed by atoms with E-state index in [4.69, 9.17) is 5.73 Å². The first-order chi connectivity index (χ1) is 7.31. The third-order valence-corrected chi connectivity index (χ3v) is 2.14. The molecule has 0 spiro atoms. The fourth-order valence-corrected chi connectivity index (χ4v) is 1.26. The van der Waals surface area contributed by atoms with Crippen molar-refractivity contribution < 1.29 is 0 Å². The minimum absolute atomic E-state index is 0.109. The summed E-state index contributed by atoms with van der Waals surface area (Å²) in [7, 11) is 0. The Bertz CT molecular complexity index is 403. The average molecular weight is 224 g/mol. The summed E-state index contributed by atoms with van der Waals surface area (Å²) in [5.41, 5.74) is 5.35. The summed E-state index contributed by atoms with van der Waals surface area (Å²) in [6.45, 7) is 8.21. The smallest absolute Gasteiger partial charge is 0.293 e. The lowest BCUT2D eigenvalue weighted by molar-refractivity contribution is 0.544. The lowest BCUT2D eigenvalue weighted by Gasteiger charge is -2.19. The van der Waals surface area contributed by atoms with Crippen LogP contribution in [0.5, 0.6) is 0 Å². The minimum Gasteiger partial charge on any atom is -0.364 e. The summed E-state index contributed by atoms with van der Waals surface area (Å²) >= 11 is 0. The molecule has 0 unspecified atom stereocenters. The van der Waals surface area contributed by atoms with E-state index in [9.17, 15) is 4.79 Å². The summed E-state index contributed by atoms with van der Waals surface area (Å²) < 4.78 is 1.64. The molecule has 5 nitrogen and oxygen atoms in total. The molecule has 0 saturated heterocycles. The minimum atomic E-state index is -0.368. The monoisotopic (exact) mass is 224 g/mol. The van der Waals surface area contributed by atoms with Crippen LogP contribution in [0.25, 0.3) is 0 Å². The zero-order valence-electron chi connectivity index (χ0n) is 10.3. The molecule has 1 heterocycles. The van der Waals surface area contributed by atoms with Gasteiger partial charge in [0.2, 0.25) is 0 Å². The molecule has 0 radical (unpaired) electrons. The number of nitrogens with one attached hydrogen (secondary N) is 1. The highest BCUT2D eigenvalue weighted by molar-refractivity contribution is 5.31. The number of anilines is 1. The molecule has 0 atom stereocenters. The van der Waals surface area contributed by atoms with E-state index >= 15 is 0 Å². The SMILES string of the molecule is CC(C)n1ccnc(NCC(C)(C)N)c1=O. The van der Waals surface area contributed by atoms with Gasteiger partial charge in [-0.25, -0.2) is 4.98 Å². The van der Waals surface area contributed by atoms with E-state index in [1.165, 1.54) is 0 Å². The quantitative estimate of drug-likeness (QED) is 0.799. The number of hydrogen-bond acceptors (Lipinski definition) is 4. The Kier molecular flexibility index (Phi) is 3.70. The topological polar surface area (TPSA) is 72.9 Å². The van der Waals surface area contributed by atoms with Crippen LogP contribution in [0, 0.1) is 0 Å². The zero-order valence-corrected chi connectivity index (χ0v) is 10.3. The molecule has 1 aromatic heterocycles. The lowest BCUT2D eigenvalue weighted by atomic mass is 10.1. The van der Waals surface area contributed by atoms with Crippen LogP contribution in [0.3, 0.4) is 0 Å². The Morgan fingerprint density at radius 2 is 2.19 bits per heavy atom. The van der Waals surface area contributed by atoms with Gasteiger partial charge in [0, 0.05) is 30.5 Å². The highest BCUT2D eigenvalue weighted by Gasteiger charge is 2.12. The van der Waals surface area contributed by atoms with E-state index in [0.29, 0.717) is 12.4 Å². The van der Waals surface area contributed by atoms with Crippen LogP contribution < -0.4 is 16.6 Å². The molecule has 3 N–H and O–H groups in total. The van der Waals surface area contributed by atoms with Crippen LogP contribution in [-0.2, 0) is 0 Å². The van der Waals surface area contributed by atoms with Gasteiger partial charge in [0.15, 0.2) is 5.82 Å². The van der Waals surface area contributed by atoms with Gasteiger partial charge in [-0.05, 0) is 27.7 Å². The van der Waals surface area contributed by atoms with E-state index in [-0.39, 0.29) is 17.1 Å². The van der Waals surface area contributed by atoms with Crippen LogP contribution in [0.1, 0.15) is 33.7 Å². The molecule has 0 aliphatic heterocycles. The number of nitrogens with zero attached hydrogens (tertiary/aromatic N) is 2. The summed E-state index contributed by atoms with van der Waals surface area (Å²) in [4.78, 5) is 15.9. The highest BCUT2D eigenvalue weighted by atomic mass is 16.1. The Balaban J connectivity index is 2.90. The molecule has 1 aromatic rings. The van der Waals surface area contributed by atoms with Crippen molar-refractivity contribution in [2.24, 2.45) is 5.73 Å². The van der Waals surface area contributed by atoms with Crippen LogP contribution in [0.4, 0.5) is 5.82 Å². The van der Waals surface area contributed by atoms with Crippen LogP contribution >= 0.6 is 0 Å².